The van der Waals surface area contributed by atoms with Crippen LogP contribution in [0.3, 0.4) is 0 Å². The number of carbonyl (C=O) groups excluding carboxylic acids is 3. The highest BCUT2D eigenvalue weighted by molar-refractivity contribution is 5.94. The van der Waals surface area contributed by atoms with Crippen molar-refractivity contribution < 1.29 is 29.4 Å². The number of aliphatic carboxylic acids is 1. The number of carbonyl (C=O) groups is 4. The molecule has 1 aliphatic rings. The lowest BCUT2D eigenvalue weighted by Gasteiger charge is -2.29. The predicted molar refractivity (Wildman–Crippen MR) is 115 cm³/mol. The van der Waals surface area contributed by atoms with Crippen LogP contribution in [0, 0.1) is 11.8 Å². The van der Waals surface area contributed by atoms with Crippen LogP contribution in [0.5, 0.6) is 0 Å². The van der Waals surface area contributed by atoms with Crippen LogP contribution in [-0.2, 0) is 19.2 Å². The fourth-order valence-corrected chi connectivity index (χ4v) is 3.47. The van der Waals surface area contributed by atoms with E-state index in [9.17, 15) is 29.4 Å². The Morgan fingerprint density at radius 2 is 1.61 bits per heavy atom. The summed E-state index contributed by atoms with van der Waals surface area (Å²) in [4.78, 5) is 49.6. The average molecular weight is 443 g/mol. The Kier molecular flexibility index (Phi) is 10.9. The van der Waals surface area contributed by atoms with Crippen molar-refractivity contribution in [3.8, 4) is 0 Å². The molecule has 0 aromatic carbocycles. The highest BCUT2D eigenvalue weighted by atomic mass is 16.4. The predicted octanol–water partition coefficient (Wildman–Crippen LogP) is -0.250. The summed E-state index contributed by atoms with van der Waals surface area (Å²) in [6, 6.07) is -3.65. The zero-order valence-electron chi connectivity index (χ0n) is 19.1. The molecule has 6 atom stereocenters. The molecule has 0 saturated carbocycles. The van der Waals surface area contributed by atoms with Crippen molar-refractivity contribution in [2.75, 3.05) is 6.54 Å². The minimum absolute atomic E-state index is 0.120. The Morgan fingerprint density at radius 1 is 1.00 bits per heavy atom. The smallest absolute Gasteiger partial charge is 0.328 e. The average Bonchev–Trinajstić information content (AvgIpc) is 3.22. The topological polar surface area (TPSA) is 157 Å². The van der Waals surface area contributed by atoms with Crippen LogP contribution < -0.4 is 21.3 Å². The van der Waals surface area contributed by atoms with Gasteiger partial charge in [-0.3, -0.25) is 14.4 Å². The molecule has 1 saturated heterocycles. The molecule has 1 rings (SSSR count). The van der Waals surface area contributed by atoms with Gasteiger partial charge in [-0.1, -0.05) is 34.1 Å². The van der Waals surface area contributed by atoms with Crippen molar-refractivity contribution in [1.82, 2.24) is 21.3 Å². The van der Waals surface area contributed by atoms with E-state index in [0.29, 0.717) is 19.3 Å². The van der Waals surface area contributed by atoms with E-state index in [-0.39, 0.29) is 23.8 Å². The van der Waals surface area contributed by atoms with Gasteiger partial charge in [0.25, 0.3) is 0 Å². The number of rotatable bonds is 12. The monoisotopic (exact) mass is 442 g/mol. The van der Waals surface area contributed by atoms with Crippen molar-refractivity contribution in [2.24, 2.45) is 11.8 Å². The third kappa shape index (κ3) is 8.45. The number of amides is 3. The van der Waals surface area contributed by atoms with Crippen molar-refractivity contribution >= 4 is 23.7 Å². The highest BCUT2D eigenvalue weighted by Gasteiger charge is 2.34. The Labute approximate surface area is 183 Å². The molecule has 10 heteroatoms. The molecule has 1 aliphatic heterocycles. The molecule has 0 radical (unpaired) electrons. The molecule has 178 valence electrons. The molecule has 1 heterocycles. The molecule has 6 unspecified atom stereocenters. The summed E-state index contributed by atoms with van der Waals surface area (Å²) in [6.07, 6.45) is 1.24. The molecular formula is C21H38N4O6. The Morgan fingerprint density at radius 3 is 2.06 bits per heavy atom. The maximum absolute atomic E-state index is 13.0. The second-order valence-corrected chi connectivity index (χ2v) is 8.78. The van der Waals surface area contributed by atoms with Gasteiger partial charge in [0, 0.05) is 0 Å². The number of hydrogen-bond donors (Lipinski definition) is 6. The largest absolute Gasteiger partial charge is 0.480 e. The number of aliphatic hydroxyl groups is 1. The van der Waals surface area contributed by atoms with E-state index in [1.807, 2.05) is 20.8 Å². The first-order chi connectivity index (χ1) is 14.5. The van der Waals surface area contributed by atoms with Gasteiger partial charge in [0.2, 0.25) is 17.7 Å². The van der Waals surface area contributed by atoms with E-state index in [0.717, 1.165) is 13.0 Å². The van der Waals surface area contributed by atoms with Crippen LogP contribution in [0.2, 0.25) is 0 Å². The molecule has 0 spiro atoms. The minimum atomic E-state index is -1.49. The van der Waals surface area contributed by atoms with Gasteiger partial charge >= 0.3 is 5.97 Å². The van der Waals surface area contributed by atoms with Gasteiger partial charge in [-0.2, -0.15) is 0 Å². The van der Waals surface area contributed by atoms with Crippen molar-refractivity contribution in [2.45, 2.75) is 90.6 Å². The molecule has 0 aliphatic carbocycles. The second-order valence-electron chi connectivity index (χ2n) is 8.78. The zero-order chi connectivity index (χ0) is 23.7. The maximum atomic E-state index is 13.0. The van der Waals surface area contributed by atoms with Crippen molar-refractivity contribution in [3.05, 3.63) is 0 Å². The Hall–Kier alpha value is -2.20. The number of nitrogens with one attached hydrogen (secondary N) is 4. The quantitative estimate of drug-likeness (QED) is 0.243. The van der Waals surface area contributed by atoms with E-state index >= 15 is 0 Å². The fraction of sp³-hybridized carbons (Fsp3) is 0.810. The van der Waals surface area contributed by atoms with Crippen molar-refractivity contribution in [3.63, 3.8) is 0 Å². The second kappa shape index (κ2) is 12.6. The standard InChI is InChI=1S/C21H38N4O6/c1-6-12(4)16(20(29)25-17(13(5)26)21(30)31)24-19(28)15(10-11(2)3)23-18(27)14-8-7-9-22-14/h11-17,22,26H,6-10H2,1-5H3,(H,23,27)(H,24,28)(H,25,29)(H,30,31). The number of aliphatic hydroxyl groups excluding tert-OH is 1. The van der Waals surface area contributed by atoms with Gasteiger partial charge in [-0.15, -0.1) is 0 Å². The van der Waals surface area contributed by atoms with E-state index in [1.165, 1.54) is 6.92 Å². The molecule has 3 amide bonds. The van der Waals surface area contributed by atoms with Crippen LogP contribution in [-0.4, -0.2) is 70.7 Å². The van der Waals surface area contributed by atoms with Crippen LogP contribution in [0.1, 0.15) is 60.3 Å². The summed E-state index contributed by atoms with van der Waals surface area (Å²) < 4.78 is 0. The molecule has 31 heavy (non-hydrogen) atoms. The third-order valence-electron chi connectivity index (χ3n) is 5.56. The molecule has 0 aromatic heterocycles. The fourth-order valence-electron chi connectivity index (χ4n) is 3.47. The molecule has 6 N–H and O–H groups in total. The van der Waals surface area contributed by atoms with Gasteiger partial charge in [-0.25, -0.2) is 4.79 Å². The highest BCUT2D eigenvalue weighted by Crippen LogP contribution is 2.12. The normalized spacial score (nSPS) is 20.9. The van der Waals surface area contributed by atoms with E-state index in [2.05, 4.69) is 21.3 Å². The first kappa shape index (κ1) is 26.8. The lowest BCUT2D eigenvalue weighted by Crippen LogP contribution is -2.59. The third-order valence-corrected chi connectivity index (χ3v) is 5.56. The van der Waals surface area contributed by atoms with Gasteiger partial charge < -0.3 is 31.5 Å². The number of carboxylic acid groups (broad SMARTS) is 1. The summed E-state index contributed by atoms with van der Waals surface area (Å²) in [6.45, 7) is 9.49. The molecule has 10 nitrogen and oxygen atoms in total. The van der Waals surface area contributed by atoms with Crippen molar-refractivity contribution in [1.29, 1.82) is 0 Å². The molecule has 1 fully saturated rings. The van der Waals surface area contributed by atoms with Gasteiger partial charge in [-0.05, 0) is 44.6 Å². The van der Waals surface area contributed by atoms with Crippen LogP contribution in [0.4, 0.5) is 0 Å². The lowest BCUT2D eigenvalue weighted by molar-refractivity contribution is -0.145. The van der Waals surface area contributed by atoms with Crippen LogP contribution >= 0.6 is 0 Å². The van der Waals surface area contributed by atoms with Gasteiger partial charge in [0.05, 0.1) is 12.1 Å². The number of hydrogen-bond acceptors (Lipinski definition) is 6. The van der Waals surface area contributed by atoms with Crippen LogP contribution in [0.25, 0.3) is 0 Å². The first-order valence-corrected chi connectivity index (χ1v) is 11.0. The summed E-state index contributed by atoms with van der Waals surface area (Å²) in [7, 11) is 0. The van der Waals surface area contributed by atoms with E-state index in [4.69, 9.17) is 0 Å². The summed E-state index contributed by atoms with van der Waals surface area (Å²) in [5.74, 6) is -2.98. The van der Waals surface area contributed by atoms with E-state index < -0.39 is 42.0 Å². The van der Waals surface area contributed by atoms with Crippen LogP contribution in [0.15, 0.2) is 0 Å². The lowest BCUT2D eigenvalue weighted by atomic mass is 9.96. The zero-order valence-corrected chi connectivity index (χ0v) is 19.1. The SMILES string of the molecule is CCC(C)C(NC(=O)C(CC(C)C)NC(=O)C1CCCN1)C(=O)NC(C(=O)O)C(C)O. The summed E-state index contributed by atoms with van der Waals surface area (Å²) in [5, 5.41) is 29.7. The number of carboxylic acids is 1. The Bertz CT molecular complexity index is 633. The maximum Gasteiger partial charge on any atom is 0.328 e. The van der Waals surface area contributed by atoms with Gasteiger partial charge in [0.15, 0.2) is 6.04 Å². The first-order valence-electron chi connectivity index (χ1n) is 11.0. The summed E-state index contributed by atoms with van der Waals surface area (Å²) >= 11 is 0. The molecule has 0 aromatic rings. The minimum Gasteiger partial charge on any atom is -0.480 e. The molecular weight excluding hydrogens is 404 g/mol. The summed E-state index contributed by atoms with van der Waals surface area (Å²) in [5.41, 5.74) is 0. The Balaban J connectivity index is 2.95. The molecule has 0 bridgehead atoms. The van der Waals surface area contributed by atoms with Gasteiger partial charge in [0.1, 0.15) is 12.1 Å². The van der Waals surface area contributed by atoms with E-state index in [1.54, 1.807) is 6.92 Å².